The van der Waals surface area contributed by atoms with Crippen molar-refractivity contribution in [3.63, 3.8) is 0 Å². The van der Waals surface area contributed by atoms with Crippen molar-refractivity contribution in [3.05, 3.63) is 51.7 Å². The van der Waals surface area contributed by atoms with Gasteiger partial charge in [0.05, 0.1) is 0 Å². The number of carbonyl (C=O) groups excluding carboxylic acids is 1. The van der Waals surface area contributed by atoms with Gasteiger partial charge in [-0.05, 0) is 31.9 Å². The van der Waals surface area contributed by atoms with Crippen molar-refractivity contribution in [2.24, 2.45) is 0 Å². The third-order valence-corrected chi connectivity index (χ3v) is 4.67. The monoisotopic (exact) mass is 359 g/mol. The Balaban J connectivity index is 2.10. The van der Waals surface area contributed by atoms with Gasteiger partial charge in [-0.15, -0.1) is 0 Å². The minimum absolute atomic E-state index is 0.142. The van der Waals surface area contributed by atoms with E-state index in [4.69, 9.17) is 0 Å². The predicted molar refractivity (Wildman–Crippen MR) is 95.2 cm³/mol. The number of benzene rings is 1. The van der Waals surface area contributed by atoms with E-state index in [0.29, 0.717) is 29.9 Å². The van der Waals surface area contributed by atoms with E-state index >= 15 is 0 Å². The summed E-state index contributed by atoms with van der Waals surface area (Å²) in [6.07, 6.45) is 2.08. The fourth-order valence-corrected chi connectivity index (χ4v) is 3.30. The first-order valence-electron chi connectivity index (χ1n) is 8.76. The summed E-state index contributed by atoms with van der Waals surface area (Å²) in [5.74, 6) is -0.324. The lowest BCUT2D eigenvalue weighted by Gasteiger charge is -2.19. The Hall–Kier alpha value is -2.54. The molecule has 1 fully saturated rings. The summed E-state index contributed by atoms with van der Waals surface area (Å²) < 4.78 is 15.0. The standard InChI is InChI=1S/C19H22FN3O3/c1-13-16(7-10-24)19(26)23(12-17(25)22-8-2-3-9-22)18(21-13)14-5-4-6-15(20)11-14/h4-6,11,24H,2-3,7-10,12H2,1H3. The molecule has 1 amide bonds. The van der Waals surface area contributed by atoms with Crippen molar-refractivity contribution in [3.8, 4) is 11.4 Å². The summed E-state index contributed by atoms with van der Waals surface area (Å²) in [7, 11) is 0. The Labute approximate surface area is 150 Å². The van der Waals surface area contributed by atoms with E-state index in [9.17, 15) is 19.1 Å². The van der Waals surface area contributed by atoms with Crippen molar-refractivity contribution in [1.82, 2.24) is 14.5 Å². The number of rotatable bonds is 5. The molecule has 26 heavy (non-hydrogen) atoms. The Morgan fingerprint density at radius 2 is 2.04 bits per heavy atom. The minimum atomic E-state index is -0.439. The van der Waals surface area contributed by atoms with Crippen LogP contribution in [-0.2, 0) is 17.8 Å². The van der Waals surface area contributed by atoms with Crippen LogP contribution in [0.25, 0.3) is 11.4 Å². The first-order valence-corrected chi connectivity index (χ1v) is 8.76. The summed E-state index contributed by atoms with van der Waals surface area (Å²) in [5, 5.41) is 9.24. The first kappa shape index (κ1) is 18.3. The molecule has 0 radical (unpaired) electrons. The highest BCUT2D eigenvalue weighted by atomic mass is 19.1. The molecular formula is C19H22FN3O3. The van der Waals surface area contributed by atoms with Gasteiger partial charge in [0.15, 0.2) is 0 Å². The molecule has 2 aromatic rings. The number of aliphatic hydroxyl groups is 1. The molecule has 1 aliphatic heterocycles. The molecule has 1 saturated heterocycles. The minimum Gasteiger partial charge on any atom is -0.396 e. The number of carbonyl (C=O) groups is 1. The van der Waals surface area contributed by atoms with Gasteiger partial charge in [-0.25, -0.2) is 9.37 Å². The summed E-state index contributed by atoms with van der Waals surface area (Å²) in [5.41, 5.74) is 0.934. The van der Waals surface area contributed by atoms with E-state index in [0.717, 1.165) is 12.8 Å². The zero-order valence-corrected chi connectivity index (χ0v) is 14.7. The second kappa shape index (κ2) is 7.78. The van der Waals surface area contributed by atoms with Crippen molar-refractivity contribution in [2.75, 3.05) is 19.7 Å². The highest BCUT2D eigenvalue weighted by Crippen LogP contribution is 2.19. The lowest BCUT2D eigenvalue weighted by Crippen LogP contribution is -2.37. The molecule has 2 heterocycles. The van der Waals surface area contributed by atoms with Crippen LogP contribution in [0.1, 0.15) is 24.1 Å². The van der Waals surface area contributed by atoms with Gasteiger partial charge in [0, 0.05) is 42.9 Å². The topological polar surface area (TPSA) is 75.4 Å². The van der Waals surface area contributed by atoms with Crippen LogP contribution < -0.4 is 5.56 Å². The average molecular weight is 359 g/mol. The second-order valence-electron chi connectivity index (χ2n) is 6.46. The third kappa shape index (κ3) is 3.67. The number of hydrogen-bond acceptors (Lipinski definition) is 4. The zero-order chi connectivity index (χ0) is 18.7. The molecule has 0 unspecified atom stereocenters. The van der Waals surface area contributed by atoms with Gasteiger partial charge in [0.2, 0.25) is 5.91 Å². The van der Waals surface area contributed by atoms with Gasteiger partial charge in [-0.2, -0.15) is 0 Å². The molecular weight excluding hydrogens is 337 g/mol. The molecule has 7 heteroatoms. The van der Waals surface area contributed by atoms with Crippen LogP contribution in [0.15, 0.2) is 29.1 Å². The van der Waals surface area contributed by atoms with E-state index in [1.54, 1.807) is 24.0 Å². The van der Waals surface area contributed by atoms with E-state index in [1.165, 1.54) is 16.7 Å². The van der Waals surface area contributed by atoms with Crippen LogP contribution in [0.2, 0.25) is 0 Å². The molecule has 3 rings (SSSR count). The van der Waals surface area contributed by atoms with Crippen LogP contribution in [0.4, 0.5) is 4.39 Å². The quantitative estimate of drug-likeness (QED) is 0.878. The maximum absolute atomic E-state index is 13.7. The maximum atomic E-state index is 13.7. The van der Waals surface area contributed by atoms with E-state index in [1.807, 2.05) is 0 Å². The fraction of sp³-hybridized carbons (Fsp3) is 0.421. The van der Waals surface area contributed by atoms with E-state index in [2.05, 4.69) is 4.98 Å². The Kier molecular flexibility index (Phi) is 5.46. The number of aliphatic hydroxyl groups excluding tert-OH is 1. The van der Waals surface area contributed by atoms with Crippen LogP contribution in [-0.4, -0.2) is 45.2 Å². The summed E-state index contributed by atoms with van der Waals surface area (Å²) >= 11 is 0. The van der Waals surface area contributed by atoms with Gasteiger partial charge < -0.3 is 10.0 Å². The first-order chi connectivity index (χ1) is 12.5. The summed E-state index contributed by atoms with van der Waals surface area (Å²) in [4.78, 5) is 31.7. The molecule has 0 spiro atoms. The number of amides is 1. The van der Waals surface area contributed by atoms with Gasteiger partial charge >= 0.3 is 0 Å². The Morgan fingerprint density at radius 1 is 1.31 bits per heavy atom. The Morgan fingerprint density at radius 3 is 2.69 bits per heavy atom. The van der Waals surface area contributed by atoms with Crippen LogP contribution in [0.3, 0.4) is 0 Å². The zero-order valence-electron chi connectivity index (χ0n) is 14.7. The number of aromatic nitrogens is 2. The highest BCUT2D eigenvalue weighted by molar-refractivity contribution is 5.77. The largest absolute Gasteiger partial charge is 0.396 e. The number of hydrogen-bond donors (Lipinski definition) is 1. The van der Waals surface area contributed by atoms with E-state index < -0.39 is 5.82 Å². The lowest BCUT2D eigenvalue weighted by atomic mass is 10.1. The molecule has 1 aromatic heterocycles. The molecule has 0 atom stereocenters. The second-order valence-corrected chi connectivity index (χ2v) is 6.46. The Bertz CT molecular complexity index is 873. The highest BCUT2D eigenvalue weighted by Gasteiger charge is 2.22. The average Bonchev–Trinajstić information content (AvgIpc) is 3.15. The molecule has 0 aliphatic carbocycles. The smallest absolute Gasteiger partial charge is 0.257 e. The van der Waals surface area contributed by atoms with Crippen LogP contribution in [0, 0.1) is 12.7 Å². The van der Waals surface area contributed by atoms with Gasteiger partial charge in [0.25, 0.3) is 5.56 Å². The molecule has 1 aromatic carbocycles. The third-order valence-electron chi connectivity index (χ3n) is 4.67. The van der Waals surface area contributed by atoms with Gasteiger partial charge in [0.1, 0.15) is 18.2 Å². The van der Waals surface area contributed by atoms with Crippen molar-refractivity contribution in [1.29, 1.82) is 0 Å². The molecule has 138 valence electrons. The number of nitrogens with zero attached hydrogens (tertiary/aromatic N) is 3. The SMILES string of the molecule is Cc1nc(-c2cccc(F)c2)n(CC(=O)N2CCCC2)c(=O)c1CCO. The molecule has 0 bridgehead atoms. The van der Waals surface area contributed by atoms with Gasteiger partial charge in [-0.3, -0.25) is 14.2 Å². The fourth-order valence-electron chi connectivity index (χ4n) is 3.30. The maximum Gasteiger partial charge on any atom is 0.257 e. The van der Waals surface area contributed by atoms with Crippen LogP contribution in [0.5, 0.6) is 0 Å². The molecule has 1 aliphatic rings. The molecule has 0 saturated carbocycles. The summed E-state index contributed by atoms with van der Waals surface area (Å²) in [6, 6.07) is 5.81. The van der Waals surface area contributed by atoms with E-state index in [-0.39, 0.29) is 36.9 Å². The number of halogens is 1. The van der Waals surface area contributed by atoms with Crippen molar-refractivity contribution in [2.45, 2.75) is 32.7 Å². The number of aryl methyl sites for hydroxylation is 1. The molecule has 6 nitrogen and oxygen atoms in total. The van der Waals surface area contributed by atoms with Crippen molar-refractivity contribution < 1.29 is 14.3 Å². The van der Waals surface area contributed by atoms with Crippen LogP contribution >= 0.6 is 0 Å². The van der Waals surface area contributed by atoms with Crippen molar-refractivity contribution >= 4 is 5.91 Å². The predicted octanol–water partition coefficient (Wildman–Crippen LogP) is 1.52. The molecule has 1 N–H and O–H groups in total. The lowest BCUT2D eigenvalue weighted by molar-refractivity contribution is -0.130. The number of likely N-dealkylation sites (tertiary alicyclic amines) is 1. The normalized spacial score (nSPS) is 14.0. The van der Waals surface area contributed by atoms with Gasteiger partial charge in [-0.1, -0.05) is 12.1 Å². The summed E-state index contributed by atoms with van der Waals surface area (Å²) in [6.45, 7) is 2.73.